The molecular formula is C14H16F3N5O. The first-order valence-corrected chi connectivity index (χ1v) is 6.70. The summed E-state index contributed by atoms with van der Waals surface area (Å²) in [6.07, 6.45) is -2.05. The molecule has 2 heterocycles. The maximum Gasteiger partial charge on any atom is 0.435 e. The van der Waals surface area contributed by atoms with Crippen LogP contribution < -0.4 is 10.2 Å². The van der Waals surface area contributed by atoms with Gasteiger partial charge < -0.3 is 10.2 Å². The van der Waals surface area contributed by atoms with E-state index in [0.29, 0.717) is 5.82 Å². The van der Waals surface area contributed by atoms with Crippen molar-refractivity contribution >= 4 is 11.7 Å². The van der Waals surface area contributed by atoms with Gasteiger partial charge in [-0.25, -0.2) is 4.98 Å². The molecule has 0 atom stereocenters. The van der Waals surface area contributed by atoms with Gasteiger partial charge in [0.05, 0.1) is 5.56 Å². The smallest absolute Gasteiger partial charge is 0.363 e. The lowest BCUT2D eigenvalue weighted by atomic mass is 10.2. The molecular weight excluding hydrogens is 311 g/mol. The number of rotatable bonds is 4. The number of anilines is 1. The minimum atomic E-state index is -4.68. The topological polar surface area (TPSA) is 63.1 Å². The van der Waals surface area contributed by atoms with E-state index in [1.165, 1.54) is 7.05 Å². The fourth-order valence-electron chi connectivity index (χ4n) is 1.96. The number of amides is 1. The molecule has 0 bridgehead atoms. The van der Waals surface area contributed by atoms with E-state index in [0.717, 1.165) is 16.4 Å². The number of nitrogens with zero attached hydrogens (tertiary/aromatic N) is 4. The van der Waals surface area contributed by atoms with Crippen LogP contribution in [0.4, 0.5) is 19.0 Å². The number of pyridine rings is 1. The van der Waals surface area contributed by atoms with E-state index in [-0.39, 0.29) is 6.54 Å². The maximum absolute atomic E-state index is 12.9. The zero-order valence-corrected chi connectivity index (χ0v) is 12.8. The van der Waals surface area contributed by atoms with Gasteiger partial charge in [-0.05, 0) is 17.7 Å². The van der Waals surface area contributed by atoms with Gasteiger partial charge >= 0.3 is 6.18 Å². The normalized spacial score (nSPS) is 11.4. The number of aromatic nitrogens is 3. The maximum atomic E-state index is 12.9. The molecule has 6 nitrogen and oxygen atoms in total. The van der Waals surface area contributed by atoms with Gasteiger partial charge in [-0.3, -0.25) is 9.48 Å². The molecule has 1 amide bonds. The Hall–Kier alpha value is -2.58. The fourth-order valence-corrected chi connectivity index (χ4v) is 1.96. The Bertz CT molecular complexity index is 709. The van der Waals surface area contributed by atoms with E-state index >= 15 is 0 Å². The van der Waals surface area contributed by atoms with Crippen molar-refractivity contribution in [3.05, 3.63) is 41.3 Å². The molecule has 1 N–H and O–H groups in total. The molecule has 2 aromatic rings. The number of halogens is 3. The predicted octanol–water partition coefficient (Wildman–Crippen LogP) is 1.83. The highest BCUT2D eigenvalue weighted by Crippen LogP contribution is 2.30. The molecule has 9 heteroatoms. The Kier molecular flexibility index (Phi) is 4.57. The quantitative estimate of drug-likeness (QED) is 0.931. The average Bonchev–Trinajstić information content (AvgIpc) is 2.87. The monoisotopic (exact) mass is 327 g/mol. The van der Waals surface area contributed by atoms with Crippen molar-refractivity contribution in [2.45, 2.75) is 12.7 Å². The summed E-state index contributed by atoms with van der Waals surface area (Å²) in [5.74, 6) is -0.136. The highest BCUT2D eigenvalue weighted by molar-refractivity contribution is 5.95. The Morgan fingerprint density at radius 2 is 2.09 bits per heavy atom. The molecule has 2 aromatic heterocycles. The second-order valence-corrected chi connectivity index (χ2v) is 5.16. The number of hydrogen-bond donors (Lipinski definition) is 1. The summed E-state index contributed by atoms with van der Waals surface area (Å²) >= 11 is 0. The van der Waals surface area contributed by atoms with Crippen molar-refractivity contribution in [2.24, 2.45) is 7.05 Å². The number of alkyl halides is 3. The van der Waals surface area contributed by atoms with Crippen LogP contribution >= 0.6 is 0 Å². The van der Waals surface area contributed by atoms with Crippen LogP contribution in [0.2, 0.25) is 0 Å². The Morgan fingerprint density at radius 3 is 2.70 bits per heavy atom. The van der Waals surface area contributed by atoms with Gasteiger partial charge in [-0.1, -0.05) is 0 Å². The van der Waals surface area contributed by atoms with E-state index in [2.05, 4.69) is 15.4 Å². The van der Waals surface area contributed by atoms with E-state index in [9.17, 15) is 18.0 Å². The van der Waals surface area contributed by atoms with Crippen molar-refractivity contribution in [3.63, 3.8) is 0 Å². The summed E-state index contributed by atoms with van der Waals surface area (Å²) in [4.78, 5) is 17.9. The number of aryl methyl sites for hydroxylation is 1. The minimum Gasteiger partial charge on any atom is -0.363 e. The van der Waals surface area contributed by atoms with Crippen molar-refractivity contribution in [1.29, 1.82) is 0 Å². The van der Waals surface area contributed by atoms with Crippen molar-refractivity contribution < 1.29 is 18.0 Å². The molecule has 2 rings (SSSR count). The van der Waals surface area contributed by atoms with Gasteiger partial charge in [-0.2, -0.15) is 18.3 Å². The first-order valence-electron chi connectivity index (χ1n) is 6.70. The Morgan fingerprint density at radius 1 is 1.39 bits per heavy atom. The average molecular weight is 327 g/mol. The molecule has 23 heavy (non-hydrogen) atoms. The molecule has 0 aromatic carbocycles. The highest BCUT2D eigenvalue weighted by atomic mass is 19.4. The standard InChI is InChI=1S/C14H16F3N5O/c1-21(2)11-6-9(4-5-18-11)7-19-13(23)10-8-22(3)20-12(10)14(15,16)17/h4-6,8H,7H2,1-3H3,(H,19,23). The van der Waals surface area contributed by atoms with E-state index in [1.54, 1.807) is 23.2 Å². The summed E-state index contributed by atoms with van der Waals surface area (Å²) in [6.45, 7) is 0.0917. The van der Waals surface area contributed by atoms with Crippen LogP contribution in [0.3, 0.4) is 0 Å². The molecule has 0 aliphatic heterocycles. The summed E-state index contributed by atoms with van der Waals surface area (Å²) in [7, 11) is 4.96. The molecule has 0 unspecified atom stereocenters. The van der Waals surface area contributed by atoms with Crippen LogP contribution in [0.15, 0.2) is 24.5 Å². The largest absolute Gasteiger partial charge is 0.435 e. The van der Waals surface area contributed by atoms with E-state index < -0.39 is 23.3 Å². The van der Waals surface area contributed by atoms with Gasteiger partial charge in [-0.15, -0.1) is 0 Å². The van der Waals surface area contributed by atoms with Crippen LogP contribution in [0.25, 0.3) is 0 Å². The third-order valence-corrected chi connectivity index (χ3v) is 3.06. The van der Waals surface area contributed by atoms with Crippen LogP contribution in [-0.4, -0.2) is 34.8 Å². The van der Waals surface area contributed by atoms with Crippen molar-refractivity contribution in [3.8, 4) is 0 Å². The zero-order chi connectivity index (χ0) is 17.2. The number of nitrogens with one attached hydrogen (secondary N) is 1. The minimum absolute atomic E-state index is 0.0917. The third-order valence-electron chi connectivity index (χ3n) is 3.06. The van der Waals surface area contributed by atoms with Crippen molar-refractivity contribution in [2.75, 3.05) is 19.0 Å². The second-order valence-electron chi connectivity index (χ2n) is 5.16. The van der Waals surface area contributed by atoms with Gasteiger partial charge in [0.2, 0.25) is 0 Å². The van der Waals surface area contributed by atoms with Gasteiger partial charge in [0.1, 0.15) is 5.82 Å². The SMILES string of the molecule is CN(C)c1cc(CNC(=O)c2cn(C)nc2C(F)(F)F)ccn1. The molecule has 0 saturated heterocycles. The summed E-state index contributed by atoms with van der Waals surface area (Å²) in [6, 6.07) is 3.43. The lowest BCUT2D eigenvalue weighted by Gasteiger charge is -2.12. The van der Waals surface area contributed by atoms with Gasteiger partial charge in [0.15, 0.2) is 5.69 Å². The Labute approximate surface area is 130 Å². The summed E-state index contributed by atoms with van der Waals surface area (Å²) < 4.78 is 39.5. The summed E-state index contributed by atoms with van der Waals surface area (Å²) in [5, 5.41) is 5.78. The first kappa shape index (κ1) is 16.8. The molecule has 0 aliphatic rings. The van der Waals surface area contributed by atoms with Crippen LogP contribution in [-0.2, 0) is 19.8 Å². The molecule has 0 saturated carbocycles. The number of carbonyl (C=O) groups is 1. The molecule has 0 spiro atoms. The molecule has 124 valence electrons. The zero-order valence-electron chi connectivity index (χ0n) is 12.8. The fraction of sp³-hybridized carbons (Fsp3) is 0.357. The lowest BCUT2D eigenvalue weighted by molar-refractivity contribution is -0.141. The second kappa shape index (κ2) is 6.27. The van der Waals surface area contributed by atoms with Crippen LogP contribution in [0.1, 0.15) is 21.6 Å². The Balaban J connectivity index is 2.13. The highest BCUT2D eigenvalue weighted by Gasteiger charge is 2.38. The molecule has 0 aliphatic carbocycles. The number of hydrogen-bond acceptors (Lipinski definition) is 4. The van der Waals surface area contributed by atoms with E-state index in [1.807, 2.05) is 14.1 Å². The molecule has 0 fully saturated rings. The molecule has 0 radical (unpaired) electrons. The van der Waals surface area contributed by atoms with Gasteiger partial charge in [0, 0.05) is 40.1 Å². The van der Waals surface area contributed by atoms with Crippen LogP contribution in [0, 0.1) is 0 Å². The van der Waals surface area contributed by atoms with Gasteiger partial charge in [0.25, 0.3) is 5.91 Å². The summed E-state index contributed by atoms with van der Waals surface area (Å²) in [5.41, 5.74) is -0.961. The van der Waals surface area contributed by atoms with Crippen LogP contribution in [0.5, 0.6) is 0 Å². The predicted molar refractivity (Wildman–Crippen MR) is 77.9 cm³/mol. The number of carbonyl (C=O) groups excluding carboxylic acids is 1. The first-order chi connectivity index (χ1) is 10.7. The lowest BCUT2D eigenvalue weighted by Crippen LogP contribution is -2.25. The van der Waals surface area contributed by atoms with Crippen molar-refractivity contribution in [1.82, 2.24) is 20.1 Å². The third kappa shape index (κ3) is 3.99. The van der Waals surface area contributed by atoms with E-state index in [4.69, 9.17) is 0 Å².